The molecule has 1 aromatic heterocycles. The summed E-state index contributed by atoms with van der Waals surface area (Å²) in [6, 6.07) is 0. The van der Waals surface area contributed by atoms with Gasteiger partial charge < -0.3 is 4.42 Å². The molecule has 17 heavy (non-hydrogen) atoms. The predicted molar refractivity (Wildman–Crippen MR) is 67.2 cm³/mol. The van der Waals surface area contributed by atoms with Gasteiger partial charge >= 0.3 is 0 Å². The highest BCUT2D eigenvalue weighted by Gasteiger charge is 2.31. The van der Waals surface area contributed by atoms with Gasteiger partial charge in [-0.2, -0.15) is 0 Å². The quantitative estimate of drug-likeness (QED) is 0.752. The van der Waals surface area contributed by atoms with Crippen molar-refractivity contribution in [2.75, 3.05) is 0 Å². The monoisotopic (exact) mass is 238 g/mol. The summed E-state index contributed by atoms with van der Waals surface area (Å²) in [4.78, 5) is 12.3. The maximum atomic E-state index is 12.3. The van der Waals surface area contributed by atoms with Crippen molar-refractivity contribution in [1.82, 2.24) is 4.57 Å². The van der Waals surface area contributed by atoms with E-state index in [1.807, 2.05) is 41.5 Å². The third-order valence-corrected chi connectivity index (χ3v) is 2.68. The van der Waals surface area contributed by atoms with Crippen LogP contribution < -0.4 is 11.2 Å². The van der Waals surface area contributed by atoms with Crippen LogP contribution in [0.15, 0.2) is 9.21 Å². The van der Waals surface area contributed by atoms with Crippen LogP contribution in [0.5, 0.6) is 0 Å². The molecule has 4 heteroatoms. The van der Waals surface area contributed by atoms with Crippen LogP contribution >= 0.6 is 0 Å². The maximum absolute atomic E-state index is 12.3. The summed E-state index contributed by atoms with van der Waals surface area (Å²) in [6.07, 6.45) is 0. The average Bonchev–Trinajstić information content (AvgIpc) is 2.09. The van der Waals surface area contributed by atoms with E-state index in [9.17, 15) is 4.79 Å². The van der Waals surface area contributed by atoms with Gasteiger partial charge in [0.2, 0.25) is 0 Å². The first-order chi connectivity index (χ1) is 7.46. The molecule has 0 unspecified atom stereocenters. The number of hydrogen-bond acceptors (Lipinski definition) is 3. The Kier molecular flexibility index (Phi) is 3.12. The van der Waals surface area contributed by atoms with E-state index >= 15 is 0 Å². The fourth-order valence-electron chi connectivity index (χ4n) is 1.76. The van der Waals surface area contributed by atoms with Gasteiger partial charge in [0.05, 0.1) is 5.56 Å². The van der Waals surface area contributed by atoms with Gasteiger partial charge in [0, 0.05) is 12.5 Å². The molecule has 0 atom stereocenters. The normalized spacial score (nSPS) is 12.9. The van der Waals surface area contributed by atoms with E-state index in [0.717, 1.165) is 0 Å². The first kappa shape index (κ1) is 13.7. The Morgan fingerprint density at radius 3 is 1.88 bits per heavy atom. The molecule has 0 spiro atoms. The standard InChI is InChI=1S/C13H22N2O2/c1-12(2,3)8-9(13(4,5)6)17-11(14)15(7)10(8)16/h14H,1-7H3. The fraction of sp³-hybridized carbons (Fsp3) is 0.692. The minimum absolute atomic E-state index is 0.104. The van der Waals surface area contributed by atoms with Crippen LogP contribution in [0, 0.1) is 5.41 Å². The third kappa shape index (κ3) is 2.51. The summed E-state index contributed by atoms with van der Waals surface area (Å²) in [5, 5.41) is 7.68. The van der Waals surface area contributed by atoms with Crippen LogP contribution in [0.4, 0.5) is 0 Å². The summed E-state index contributed by atoms with van der Waals surface area (Å²) in [7, 11) is 1.57. The highest BCUT2D eigenvalue weighted by atomic mass is 16.4. The molecular formula is C13H22N2O2. The van der Waals surface area contributed by atoms with E-state index in [-0.39, 0.29) is 22.1 Å². The van der Waals surface area contributed by atoms with Gasteiger partial charge in [0.25, 0.3) is 11.2 Å². The summed E-state index contributed by atoms with van der Waals surface area (Å²) in [5.41, 5.74) is -0.171. The van der Waals surface area contributed by atoms with E-state index in [4.69, 9.17) is 9.83 Å². The second kappa shape index (κ2) is 3.86. The highest BCUT2D eigenvalue weighted by molar-refractivity contribution is 5.27. The third-order valence-electron chi connectivity index (χ3n) is 2.68. The Morgan fingerprint density at radius 1 is 1.06 bits per heavy atom. The van der Waals surface area contributed by atoms with Crippen LogP contribution in [0.1, 0.15) is 52.9 Å². The summed E-state index contributed by atoms with van der Waals surface area (Å²) < 4.78 is 6.79. The molecule has 0 radical (unpaired) electrons. The van der Waals surface area contributed by atoms with Crippen molar-refractivity contribution in [2.45, 2.75) is 52.4 Å². The first-order valence-electron chi connectivity index (χ1n) is 5.76. The summed E-state index contributed by atoms with van der Waals surface area (Å²) >= 11 is 0. The Labute approximate surface area is 102 Å². The molecule has 0 aromatic carbocycles. The molecule has 0 aliphatic heterocycles. The predicted octanol–water partition coefficient (Wildman–Crippen LogP) is 2.05. The number of hydrogen-bond donors (Lipinski definition) is 1. The lowest BCUT2D eigenvalue weighted by molar-refractivity contribution is 0.308. The molecule has 1 heterocycles. The number of nitrogens with one attached hydrogen (secondary N) is 1. The van der Waals surface area contributed by atoms with Gasteiger partial charge in [-0.15, -0.1) is 0 Å². The lowest BCUT2D eigenvalue weighted by Gasteiger charge is -2.27. The highest BCUT2D eigenvalue weighted by Crippen LogP contribution is 2.30. The maximum Gasteiger partial charge on any atom is 0.296 e. The molecule has 0 fully saturated rings. The minimum Gasteiger partial charge on any atom is -0.429 e. The van der Waals surface area contributed by atoms with Crippen molar-refractivity contribution in [3.8, 4) is 0 Å². The molecule has 0 saturated carbocycles. The molecule has 1 N–H and O–H groups in total. The van der Waals surface area contributed by atoms with Gasteiger partial charge in [0.1, 0.15) is 5.76 Å². The van der Waals surface area contributed by atoms with Crippen molar-refractivity contribution in [3.05, 3.63) is 27.4 Å². The van der Waals surface area contributed by atoms with Gasteiger partial charge in [0.15, 0.2) is 0 Å². The Hall–Kier alpha value is -1.32. The summed E-state index contributed by atoms with van der Waals surface area (Å²) in [5.74, 6) is 0.609. The minimum atomic E-state index is -0.297. The molecule has 0 aliphatic carbocycles. The Morgan fingerprint density at radius 2 is 1.53 bits per heavy atom. The van der Waals surface area contributed by atoms with Crippen molar-refractivity contribution in [2.24, 2.45) is 7.05 Å². The SMILES string of the molecule is Cn1c(=N)oc(C(C)(C)C)c(C(C)(C)C)c1=O. The van der Waals surface area contributed by atoms with Crippen LogP contribution in [0.2, 0.25) is 0 Å². The number of rotatable bonds is 0. The number of nitrogens with zero attached hydrogens (tertiary/aromatic N) is 1. The molecule has 0 aliphatic rings. The van der Waals surface area contributed by atoms with E-state index in [0.29, 0.717) is 11.3 Å². The van der Waals surface area contributed by atoms with E-state index in [1.54, 1.807) is 7.05 Å². The van der Waals surface area contributed by atoms with Gasteiger partial charge in [-0.25, -0.2) is 0 Å². The van der Waals surface area contributed by atoms with Crippen LogP contribution in [0.3, 0.4) is 0 Å². The molecule has 96 valence electrons. The Bertz CT molecular complexity index is 536. The second-order valence-corrected chi connectivity index (χ2v) is 6.48. The molecule has 0 bridgehead atoms. The van der Waals surface area contributed by atoms with Gasteiger partial charge in [-0.05, 0) is 5.41 Å². The molecule has 0 amide bonds. The molecular weight excluding hydrogens is 216 g/mol. The van der Waals surface area contributed by atoms with Crippen LogP contribution in [0.25, 0.3) is 0 Å². The number of aromatic nitrogens is 1. The van der Waals surface area contributed by atoms with Crippen molar-refractivity contribution >= 4 is 0 Å². The van der Waals surface area contributed by atoms with Crippen LogP contribution in [-0.4, -0.2) is 4.57 Å². The fourth-order valence-corrected chi connectivity index (χ4v) is 1.76. The first-order valence-corrected chi connectivity index (χ1v) is 5.76. The molecule has 0 saturated heterocycles. The zero-order valence-electron chi connectivity index (χ0n) is 11.8. The molecule has 1 aromatic rings. The van der Waals surface area contributed by atoms with E-state index in [1.165, 1.54) is 4.57 Å². The zero-order chi connectivity index (χ0) is 13.6. The average molecular weight is 238 g/mol. The van der Waals surface area contributed by atoms with Gasteiger partial charge in [-0.3, -0.25) is 14.8 Å². The largest absolute Gasteiger partial charge is 0.429 e. The molecule has 1 rings (SSSR count). The van der Waals surface area contributed by atoms with E-state index < -0.39 is 0 Å². The lowest BCUT2D eigenvalue weighted by atomic mass is 9.80. The van der Waals surface area contributed by atoms with Crippen LogP contribution in [-0.2, 0) is 17.9 Å². The van der Waals surface area contributed by atoms with Crippen molar-refractivity contribution in [3.63, 3.8) is 0 Å². The van der Waals surface area contributed by atoms with Gasteiger partial charge in [-0.1, -0.05) is 41.5 Å². The van der Waals surface area contributed by atoms with Crippen molar-refractivity contribution in [1.29, 1.82) is 5.41 Å². The zero-order valence-corrected chi connectivity index (χ0v) is 11.8. The lowest BCUT2D eigenvalue weighted by Crippen LogP contribution is -2.40. The smallest absolute Gasteiger partial charge is 0.296 e. The topological polar surface area (TPSA) is 59.0 Å². The van der Waals surface area contributed by atoms with Crippen molar-refractivity contribution < 1.29 is 4.42 Å². The second-order valence-electron chi connectivity index (χ2n) is 6.48. The Balaban J connectivity index is 3.85. The van der Waals surface area contributed by atoms with E-state index in [2.05, 4.69) is 0 Å². The molecule has 4 nitrogen and oxygen atoms in total. The summed E-state index contributed by atoms with van der Waals surface area (Å²) in [6.45, 7) is 11.9.